The molecule has 0 aliphatic heterocycles. The number of nitrogens with one attached hydrogen (secondary N) is 1. The fourth-order valence-corrected chi connectivity index (χ4v) is 1.57. The van der Waals surface area contributed by atoms with Crippen molar-refractivity contribution in [1.82, 2.24) is 15.5 Å². The van der Waals surface area contributed by atoms with Gasteiger partial charge in [-0.15, -0.1) is 5.10 Å². The van der Waals surface area contributed by atoms with Gasteiger partial charge in [-0.3, -0.25) is 0 Å². The predicted molar refractivity (Wildman–Crippen MR) is 73.6 cm³/mol. The van der Waals surface area contributed by atoms with E-state index in [4.69, 9.17) is 4.42 Å². The van der Waals surface area contributed by atoms with E-state index in [-0.39, 0.29) is 5.54 Å². The second kappa shape index (κ2) is 6.18. The predicted octanol–water partition coefficient (Wildman–Crippen LogP) is 2.44. The van der Waals surface area contributed by atoms with E-state index < -0.39 is 0 Å². The molecule has 1 heterocycles. The smallest absolute Gasteiger partial charge is 0.318 e. The monoisotopic (exact) mass is 254 g/mol. The minimum Gasteiger partial charge on any atom is -0.407 e. The average molecular weight is 254 g/mol. The van der Waals surface area contributed by atoms with Gasteiger partial charge in [0.15, 0.2) is 0 Å². The van der Waals surface area contributed by atoms with Crippen LogP contribution in [0.5, 0.6) is 0 Å². The molecule has 1 aromatic rings. The van der Waals surface area contributed by atoms with Crippen LogP contribution >= 0.6 is 0 Å². The molecule has 0 fully saturated rings. The first-order valence-electron chi connectivity index (χ1n) is 6.64. The van der Waals surface area contributed by atoms with Crippen LogP contribution in [0.15, 0.2) is 4.42 Å². The fraction of sp³-hybridized carbons (Fsp3) is 0.846. The lowest BCUT2D eigenvalue weighted by Crippen LogP contribution is -2.35. The van der Waals surface area contributed by atoms with Gasteiger partial charge < -0.3 is 14.6 Å². The summed E-state index contributed by atoms with van der Waals surface area (Å²) in [4.78, 5) is 2.11. The highest BCUT2D eigenvalue weighted by Crippen LogP contribution is 2.14. The zero-order valence-electron chi connectivity index (χ0n) is 12.4. The topological polar surface area (TPSA) is 54.2 Å². The molecule has 5 nitrogen and oxygen atoms in total. The SMILES string of the molecule is CCN(CC(C)C)c1nnc(CNC(C)(C)C)o1. The van der Waals surface area contributed by atoms with Crippen LogP contribution in [-0.2, 0) is 6.54 Å². The zero-order chi connectivity index (χ0) is 13.8. The summed E-state index contributed by atoms with van der Waals surface area (Å²) in [7, 11) is 0. The number of hydrogen-bond donors (Lipinski definition) is 1. The summed E-state index contributed by atoms with van der Waals surface area (Å²) in [6, 6.07) is 0.622. The summed E-state index contributed by atoms with van der Waals surface area (Å²) in [6.45, 7) is 15.2. The highest BCUT2D eigenvalue weighted by Gasteiger charge is 2.15. The Morgan fingerprint density at radius 1 is 1.28 bits per heavy atom. The zero-order valence-corrected chi connectivity index (χ0v) is 12.4. The quantitative estimate of drug-likeness (QED) is 0.845. The molecule has 1 aromatic heterocycles. The lowest BCUT2D eigenvalue weighted by atomic mass is 10.1. The molecule has 0 aliphatic carbocycles. The first-order valence-corrected chi connectivity index (χ1v) is 6.64. The fourth-order valence-electron chi connectivity index (χ4n) is 1.57. The molecule has 0 atom stereocenters. The Bertz CT molecular complexity index is 354. The van der Waals surface area contributed by atoms with Crippen LogP contribution < -0.4 is 10.2 Å². The molecule has 18 heavy (non-hydrogen) atoms. The molecule has 1 N–H and O–H groups in total. The van der Waals surface area contributed by atoms with Gasteiger partial charge in [0, 0.05) is 18.6 Å². The Labute approximate surface area is 110 Å². The minimum atomic E-state index is 0.0526. The normalized spacial score (nSPS) is 12.2. The summed E-state index contributed by atoms with van der Waals surface area (Å²) >= 11 is 0. The van der Waals surface area contributed by atoms with Gasteiger partial charge >= 0.3 is 6.01 Å². The Balaban J connectivity index is 2.61. The first kappa shape index (κ1) is 15.0. The van der Waals surface area contributed by atoms with Crippen molar-refractivity contribution in [1.29, 1.82) is 0 Å². The lowest BCUT2D eigenvalue weighted by molar-refractivity contribution is 0.379. The number of hydrogen-bond acceptors (Lipinski definition) is 5. The second-order valence-corrected chi connectivity index (χ2v) is 6.01. The number of aromatic nitrogens is 2. The summed E-state index contributed by atoms with van der Waals surface area (Å²) < 4.78 is 5.67. The van der Waals surface area contributed by atoms with E-state index in [1.54, 1.807) is 0 Å². The third-order valence-electron chi connectivity index (χ3n) is 2.46. The van der Waals surface area contributed by atoms with Crippen LogP contribution in [0.2, 0.25) is 0 Å². The molecule has 0 spiro atoms. The van der Waals surface area contributed by atoms with E-state index in [9.17, 15) is 0 Å². The van der Waals surface area contributed by atoms with Gasteiger partial charge in [-0.2, -0.15) is 0 Å². The largest absolute Gasteiger partial charge is 0.407 e. The summed E-state index contributed by atoms with van der Waals surface area (Å²) in [6.07, 6.45) is 0. The molecule has 0 radical (unpaired) electrons. The van der Waals surface area contributed by atoms with Crippen LogP contribution in [-0.4, -0.2) is 28.8 Å². The molecule has 0 amide bonds. The van der Waals surface area contributed by atoms with Gasteiger partial charge in [0.25, 0.3) is 0 Å². The van der Waals surface area contributed by atoms with Crippen LogP contribution in [0, 0.1) is 5.92 Å². The number of rotatable bonds is 6. The van der Waals surface area contributed by atoms with Gasteiger partial charge in [0.2, 0.25) is 5.89 Å². The Morgan fingerprint density at radius 3 is 2.44 bits per heavy atom. The highest BCUT2D eigenvalue weighted by molar-refractivity contribution is 5.23. The van der Waals surface area contributed by atoms with Crippen molar-refractivity contribution in [3.63, 3.8) is 0 Å². The molecular weight excluding hydrogens is 228 g/mol. The molecule has 0 saturated heterocycles. The molecule has 5 heteroatoms. The highest BCUT2D eigenvalue weighted by atomic mass is 16.4. The van der Waals surface area contributed by atoms with Crippen molar-refractivity contribution < 1.29 is 4.42 Å². The average Bonchev–Trinajstić information content (AvgIpc) is 2.70. The van der Waals surface area contributed by atoms with Gasteiger partial charge in [-0.25, -0.2) is 0 Å². The second-order valence-electron chi connectivity index (χ2n) is 6.01. The van der Waals surface area contributed by atoms with Crippen molar-refractivity contribution in [3.8, 4) is 0 Å². The van der Waals surface area contributed by atoms with E-state index in [0.717, 1.165) is 13.1 Å². The third kappa shape index (κ3) is 5.04. The van der Waals surface area contributed by atoms with Crippen molar-refractivity contribution in [3.05, 3.63) is 5.89 Å². The first-order chi connectivity index (χ1) is 8.31. The van der Waals surface area contributed by atoms with Gasteiger partial charge in [0.05, 0.1) is 6.54 Å². The molecule has 0 saturated carbocycles. The summed E-state index contributed by atoms with van der Waals surface area (Å²) in [5, 5.41) is 11.5. The van der Waals surface area contributed by atoms with E-state index in [1.165, 1.54) is 0 Å². The maximum atomic E-state index is 5.67. The molecule has 1 rings (SSSR count). The van der Waals surface area contributed by atoms with Gasteiger partial charge in [-0.05, 0) is 33.6 Å². The third-order valence-corrected chi connectivity index (χ3v) is 2.46. The Morgan fingerprint density at radius 2 is 1.94 bits per heavy atom. The van der Waals surface area contributed by atoms with Crippen LogP contribution in [0.4, 0.5) is 6.01 Å². The maximum Gasteiger partial charge on any atom is 0.318 e. The van der Waals surface area contributed by atoms with E-state index in [2.05, 4.69) is 62.0 Å². The molecule has 104 valence electrons. The van der Waals surface area contributed by atoms with E-state index >= 15 is 0 Å². The summed E-state index contributed by atoms with van der Waals surface area (Å²) in [5.74, 6) is 1.22. The molecule has 0 aliphatic rings. The van der Waals surface area contributed by atoms with Gasteiger partial charge in [-0.1, -0.05) is 18.9 Å². The van der Waals surface area contributed by atoms with E-state index in [1.807, 2.05) is 0 Å². The Kier molecular flexibility index (Phi) is 5.14. The molecule has 0 unspecified atom stereocenters. The standard InChI is InChI=1S/C13H26N4O/c1-7-17(9-10(2)3)12-16-15-11(18-12)8-14-13(4,5)6/h10,14H,7-9H2,1-6H3. The summed E-state index contributed by atoms with van der Waals surface area (Å²) in [5.41, 5.74) is 0.0526. The number of anilines is 1. The van der Waals surface area contributed by atoms with Crippen molar-refractivity contribution in [2.24, 2.45) is 5.92 Å². The van der Waals surface area contributed by atoms with E-state index in [0.29, 0.717) is 24.4 Å². The van der Waals surface area contributed by atoms with Crippen molar-refractivity contribution in [2.45, 2.75) is 53.6 Å². The van der Waals surface area contributed by atoms with Gasteiger partial charge in [0.1, 0.15) is 0 Å². The van der Waals surface area contributed by atoms with Crippen LogP contribution in [0.3, 0.4) is 0 Å². The number of nitrogens with zero attached hydrogens (tertiary/aromatic N) is 3. The minimum absolute atomic E-state index is 0.0526. The van der Waals surface area contributed by atoms with Crippen molar-refractivity contribution in [2.75, 3.05) is 18.0 Å². The maximum absolute atomic E-state index is 5.67. The lowest BCUT2D eigenvalue weighted by Gasteiger charge is -2.20. The molecule has 0 aromatic carbocycles. The molecule has 0 bridgehead atoms. The van der Waals surface area contributed by atoms with Crippen LogP contribution in [0.25, 0.3) is 0 Å². The molecular formula is C13H26N4O. The Hall–Kier alpha value is -1.10. The van der Waals surface area contributed by atoms with Crippen LogP contribution in [0.1, 0.15) is 47.4 Å². The van der Waals surface area contributed by atoms with Crippen molar-refractivity contribution >= 4 is 6.01 Å².